The van der Waals surface area contributed by atoms with Crippen LogP contribution in [0, 0.1) is 8.30 Å². The Morgan fingerprint density at radius 3 is 2.79 bits per heavy atom. The van der Waals surface area contributed by atoms with Gasteiger partial charge in [-0.2, -0.15) is 0 Å². The molecule has 2 heterocycles. The Morgan fingerprint density at radius 2 is 2.29 bits per heavy atom. The van der Waals surface area contributed by atoms with Crippen molar-refractivity contribution in [2.24, 2.45) is 5.41 Å². The van der Waals surface area contributed by atoms with Gasteiger partial charge < -0.3 is 5.32 Å². The Hall–Kier alpha value is 0.320. The summed E-state index contributed by atoms with van der Waals surface area (Å²) in [6, 6.07) is 0.568. The van der Waals surface area contributed by atoms with Crippen molar-refractivity contribution in [1.29, 1.82) is 0 Å². The van der Waals surface area contributed by atoms with Crippen LogP contribution in [0.1, 0.15) is 36.7 Å². The molecule has 76 valence electrons. The summed E-state index contributed by atoms with van der Waals surface area (Å²) in [6.45, 7) is 1.22. The van der Waals surface area contributed by atoms with Gasteiger partial charge in [0.2, 0.25) is 0 Å². The third-order valence-corrected chi connectivity index (χ3v) is 5.40. The molecule has 1 aliphatic carbocycles. The zero-order chi connectivity index (χ0) is 9.60. The minimum Gasteiger partial charge on any atom is -0.307 e. The number of thiazole rings is 1. The molecular formula is C10H13IN2S. The summed E-state index contributed by atoms with van der Waals surface area (Å²) in [5.74, 6) is 0. The Bertz CT molecular complexity index is 344. The fourth-order valence-electron chi connectivity index (χ4n) is 2.79. The largest absolute Gasteiger partial charge is 0.307 e. The topological polar surface area (TPSA) is 24.9 Å². The first-order valence-electron chi connectivity index (χ1n) is 5.15. The van der Waals surface area contributed by atoms with Crippen molar-refractivity contribution in [2.75, 3.05) is 6.54 Å². The van der Waals surface area contributed by atoms with Gasteiger partial charge >= 0.3 is 0 Å². The van der Waals surface area contributed by atoms with Crippen LogP contribution in [0.25, 0.3) is 0 Å². The summed E-state index contributed by atoms with van der Waals surface area (Å²) >= 11 is 4.20. The molecule has 1 aromatic rings. The van der Waals surface area contributed by atoms with Gasteiger partial charge in [-0.3, -0.25) is 0 Å². The van der Waals surface area contributed by atoms with Gasteiger partial charge in [-0.25, -0.2) is 4.98 Å². The van der Waals surface area contributed by atoms with E-state index in [9.17, 15) is 0 Å². The Morgan fingerprint density at radius 1 is 1.50 bits per heavy atom. The molecule has 0 radical (unpaired) electrons. The van der Waals surface area contributed by atoms with Gasteiger partial charge in [-0.1, -0.05) is 12.8 Å². The molecule has 1 spiro atoms. The molecule has 1 unspecified atom stereocenters. The van der Waals surface area contributed by atoms with Crippen LogP contribution in [0.15, 0.2) is 6.20 Å². The molecule has 14 heavy (non-hydrogen) atoms. The van der Waals surface area contributed by atoms with Crippen LogP contribution in [-0.2, 0) is 0 Å². The summed E-state index contributed by atoms with van der Waals surface area (Å²) in [7, 11) is 0. The van der Waals surface area contributed by atoms with Crippen molar-refractivity contribution in [3.05, 3.63) is 14.1 Å². The molecule has 1 saturated heterocycles. The standard InChI is InChI=1S/C10H13IN2S/c11-7-5-12-9(14-7)8-10(6-13-8)3-1-2-4-10/h5,8,13H,1-4,6H2. The van der Waals surface area contributed by atoms with Gasteiger partial charge in [0, 0.05) is 12.0 Å². The zero-order valence-corrected chi connectivity index (χ0v) is 10.9. The van der Waals surface area contributed by atoms with E-state index in [-0.39, 0.29) is 0 Å². The normalized spacial score (nSPS) is 29.4. The smallest absolute Gasteiger partial charge is 0.111 e. The molecule has 0 amide bonds. The Labute approximate surface area is 102 Å². The molecular weight excluding hydrogens is 307 g/mol. The number of rotatable bonds is 1. The average Bonchev–Trinajstić information content (AvgIpc) is 2.73. The van der Waals surface area contributed by atoms with Crippen molar-refractivity contribution in [3.63, 3.8) is 0 Å². The lowest BCUT2D eigenvalue weighted by Gasteiger charge is -2.47. The highest BCUT2D eigenvalue weighted by molar-refractivity contribution is 14.1. The minimum absolute atomic E-state index is 0.568. The second kappa shape index (κ2) is 3.42. The quantitative estimate of drug-likeness (QED) is 0.805. The number of aromatic nitrogens is 1. The zero-order valence-electron chi connectivity index (χ0n) is 7.92. The van der Waals surface area contributed by atoms with Gasteiger partial charge in [0.15, 0.2) is 0 Å². The first-order chi connectivity index (χ1) is 6.80. The highest BCUT2D eigenvalue weighted by Crippen LogP contribution is 2.53. The Balaban J connectivity index is 1.86. The maximum atomic E-state index is 4.51. The molecule has 2 fully saturated rings. The summed E-state index contributed by atoms with van der Waals surface area (Å²) in [5, 5.41) is 4.86. The van der Waals surface area contributed by atoms with Gasteiger partial charge in [0.1, 0.15) is 5.01 Å². The third kappa shape index (κ3) is 1.34. The molecule has 4 heteroatoms. The van der Waals surface area contributed by atoms with Crippen LogP contribution in [-0.4, -0.2) is 11.5 Å². The van der Waals surface area contributed by atoms with E-state index in [4.69, 9.17) is 0 Å². The van der Waals surface area contributed by atoms with Gasteiger partial charge in [0.25, 0.3) is 0 Å². The number of nitrogens with zero attached hydrogens (tertiary/aromatic N) is 1. The van der Waals surface area contributed by atoms with Crippen LogP contribution < -0.4 is 5.32 Å². The maximum Gasteiger partial charge on any atom is 0.111 e. The molecule has 1 N–H and O–H groups in total. The van der Waals surface area contributed by atoms with E-state index in [0.717, 1.165) is 0 Å². The van der Waals surface area contributed by atoms with Crippen molar-refractivity contribution in [2.45, 2.75) is 31.7 Å². The van der Waals surface area contributed by atoms with Gasteiger partial charge in [-0.05, 0) is 35.4 Å². The van der Waals surface area contributed by atoms with E-state index in [2.05, 4.69) is 32.9 Å². The van der Waals surface area contributed by atoms with E-state index in [1.807, 2.05) is 17.5 Å². The van der Waals surface area contributed by atoms with Crippen molar-refractivity contribution >= 4 is 33.9 Å². The summed E-state index contributed by atoms with van der Waals surface area (Å²) < 4.78 is 1.31. The number of hydrogen-bond donors (Lipinski definition) is 1. The number of nitrogens with one attached hydrogen (secondary N) is 1. The molecule has 1 aromatic heterocycles. The second-order valence-corrected chi connectivity index (χ2v) is 7.34. The van der Waals surface area contributed by atoms with E-state index in [1.165, 1.54) is 40.1 Å². The van der Waals surface area contributed by atoms with Crippen molar-refractivity contribution < 1.29 is 0 Å². The van der Waals surface area contributed by atoms with Crippen LogP contribution in [0.2, 0.25) is 0 Å². The molecule has 1 atom stereocenters. The molecule has 3 rings (SSSR count). The van der Waals surface area contributed by atoms with Crippen LogP contribution >= 0.6 is 33.9 Å². The molecule has 1 aliphatic heterocycles. The summed E-state index contributed by atoms with van der Waals surface area (Å²) in [6.07, 6.45) is 7.63. The van der Waals surface area contributed by atoms with Gasteiger partial charge in [0.05, 0.1) is 15.1 Å². The lowest BCUT2D eigenvalue weighted by atomic mass is 9.72. The maximum absolute atomic E-state index is 4.51. The van der Waals surface area contributed by atoms with E-state index >= 15 is 0 Å². The van der Waals surface area contributed by atoms with Crippen molar-refractivity contribution in [1.82, 2.24) is 10.3 Å². The summed E-state index contributed by atoms with van der Waals surface area (Å²) in [4.78, 5) is 4.51. The second-order valence-electron chi connectivity index (χ2n) is 4.39. The number of halogens is 1. The fourth-order valence-corrected chi connectivity index (χ4v) is 4.46. The third-order valence-electron chi connectivity index (χ3n) is 3.61. The number of hydrogen-bond acceptors (Lipinski definition) is 3. The molecule has 0 aromatic carbocycles. The predicted octanol–water partition coefficient (Wildman–Crippen LogP) is 2.95. The summed E-state index contributed by atoms with van der Waals surface area (Å²) in [5.41, 5.74) is 0.584. The molecule has 0 bridgehead atoms. The Kier molecular flexibility index (Phi) is 2.33. The van der Waals surface area contributed by atoms with Crippen molar-refractivity contribution in [3.8, 4) is 0 Å². The molecule has 2 aliphatic rings. The average molecular weight is 320 g/mol. The first kappa shape index (κ1) is 9.54. The van der Waals surface area contributed by atoms with Crippen LogP contribution in [0.3, 0.4) is 0 Å². The SMILES string of the molecule is Ic1cnc(C2NCC23CCCC3)s1. The minimum atomic E-state index is 0.568. The van der Waals surface area contributed by atoms with Gasteiger partial charge in [-0.15, -0.1) is 11.3 Å². The predicted molar refractivity (Wildman–Crippen MR) is 66.5 cm³/mol. The fraction of sp³-hybridized carbons (Fsp3) is 0.700. The van der Waals surface area contributed by atoms with E-state index < -0.39 is 0 Å². The van der Waals surface area contributed by atoms with Crippen LogP contribution in [0.4, 0.5) is 0 Å². The highest BCUT2D eigenvalue weighted by Gasteiger charge is 2.49. The van der Waals surface area contributed by atoms with E-state index in [0.29, 0.717) is 11.5 Å². The lowest BCUT2D eigenvalue weighted by molar-refractivity contribution is 0.0892. The lowest BCUT2D eigenvalue weighted by Crippen LogP contribution is -2.54. The van der Waals surface area contributed by atoms with E-state index in [1.54, 1.807) is 0 Å². The molecule has 2 nitrogen and oxygen atoms in total. The first-order valence-corrected chi connectivity index (χ1v) is 7.04. The van der Waals surface area contributed by atoms with Crippen LogP contribution in [0.5, 0.6) is 0 Å². The monoisotopic (exact) mass is 320 g/mol. The molecule has 1 saturated carbocycles. The highest BCUT2D eigenvalue weighted by atomic mass is 127.